The summed E-state index contributed by atoms with van der Waals surface area (Å²) in [5.74, 6) is -1.36. The van der Waals surface area contributed by atoms with Gasteiger partial charge in [0.25, 0.3) is 0 Å². The zero-order chi connectivity index (χ0) is 28.3. The largest absolute Gasteiger partial charge is 0.444 e. The van der Waals surface area contributed by atoms with E-state index in [0.29, 0.717) is 12.0 Å². The summed E-state index contributed by atoms with van der Waals surface area (Å²) in [6.45, 7) is 15.2. The van der Waals surface area contributed by atoms with Gasteiger partial charge in [-0.1, -0.05) is 44.0 Å². The highest BCUT2D eigenvalue weighted by atomic mass is 16.6. The molecule has 1 rings (SSSR count). The number of carbonyl (C=O) groups excluding carboxylic acids is 4. The highest BCUT2D eigenvalue weighted by molar-refractivity contribution is 5.92. The van der Waals surface area contributed by atoms with Crippen molar-refractivity contribution in [3.8, 4) is 0 Å². The first-order valence-corrected chi connectivity index (χ1v) is 13.2. The number of ether oxygens (including phenoxy) is 1. The number of amides is 4. The molecule has 0 bridgehead atoms. The Labute approximate surface area is 221 Å². The van der Waals surface area contributed by atoms with Gasteiger partial charge >= 0.3 is 6.09 Å². The number of benzene rings is 1. The molecule has 0 radical (unpaired) electrons. The van der Waals surface area contributed by atoms with Crippen molar-refractivity contribution in [2.24, 2.45) is 5.73 Å². The fraction of sp³-hybridized carbons (Fsp3) is 0.643. The second kappa shape index (κ2) is 14.6. The van der Waals surface area contributed by atoms with Gasteiger partial charge in [0.15, 0.2) is 0 Å². The fourth-order valence-electron chi connectivity index (χ4n) is 4.21. The van der Waals surface area contributed by atoms with Crippen molar-refractivity contribution < 1.29 is 23.9 Å². The van der Waals surface area contributed by atoms with E-state index >= 15 is 0 Å². The van der Waals surface area contributed by atoms with Crippen molar-refractivity contribution in [2.45, 2.75) is 111 Å². The molecule has 4 amide bonds. The summed E-state index contributed by atoms with van der Waals surface area (Å²) in [7, 11) is 0. The molecule has 0 heterocycles. The highest BCUT2D eigenvalue weighted by Gasteiger charge is 2.37. The number of primary amides is 1. The van der Waals surface area contributed by atoms with E-state index in [0.717, 1.165) is 24.0 Å². The summed E-state index contributed by atoms with van der Waals surface area (Å²) >= 11 is 0. The van der Waals surface area contributed by atoms with E-state index in [9.17, 15) is 19.2 Å². The fourth-order valence-corrected chi connectivity index (χ4v) is 4.21. The third kappa shape index (κ3) is 10.8. The van der Waals surface area contributed by atoms with Gasteiger partial charge in [-0.15, -0.1) is 0 Å². The van der Waals surface area contributed by atoms with Gasteiger partial charge in [0.2, 0.25) is 17.7 Å². The first-order chi connectivity index (χ1) is 17.2. The van der Waals surface area contributed by atoms with Crippen LogP contribution in [0.4, 0.5) is 4.79 Å². The molecule has 0 fully saturated rings. The van der Waals surface area contributed by atoms with Crippen molar-refractivity contribution in [2.75, 3.05) is 6.54 Å². The summed E-state index contributed by atoms with van der Waals surface area (Å²) in [4.78, 5) is 53.3. The SMILES string of the molecule is CCCC(C)NC(=O)C(c1ccc(C)cc1C)N(CCC)C(=O)C(CCC(N)=O)NC(=O)OC(C)(C)C. The molecule has 0 aromatic heterocycles. The van der Waals surface area contributed by atoms with Gasteiger partial charge in [0.05, 0.1) is 0 Å². The number of rotatable bonds is 13. The molecule has 1 aromatic carbocycles. The number of hydrogen-bond donors (Lipinski definition) is 3. The summed E-state index contributed by atoms with van der Waals surface area (Å²) in [5.41, 5.74) is 7.21. The van der Waals surface area contributed by atoms with Gasteiger partial charge in [-0.05, 0) is 71.9 Å². The standard InChI is InChI=1S/C28H46N4O5/c1-9-11-20(5)30-25(34)24(21-13-12-18(3)17-19(21)4)32(16-10-2)26(35)22(14-15-23(29)33)31-27(36)37-28(6,7)8/h12-13,17,20,22,24H,9-11,14-16H2,1-8H3,(H2,29,33)(H,30,34)(H,31,36). The maximum absolute atomic E-state index is 14.0. The van der Waals surface area contributed by atoms with Crippen LogP contribution in [0.25, 0.3) is 0 Å². The summed E-state index contributed by atoms with van der Waals surface area (Å²) in [6.07, 6.45) is 1.38. The van der Waals surface area contributed by atoms with Crippen LogP contribution in [0.3, 0.4) is 0 Å². The van der Waals surface area contributed by atoms with E-state index < -0.39 is 35.6 Å². The number of nitrogens with two attached hydrogens (primary N) is 1. The van der Waals surface area contributed by atoms with Crippen molar-refractivity contribution >= 4 is 23.8 Å². The van der Waals surface area contributed by atoms with E-state index in [4.69, 9.17) is 10.5 Å². The topological polar surface area (TPSA) is 131 Å². The summed E-state index contributed by atoms with van der Waals surface area (Å²) in [5, 5.41) is 5.66. The Bertz CT molecular complexity index is 941. The van der Waals surface area contributed by atoms with Crippen LogP contribution < -0.4 is 16.4 Å². The first-order valence-electron chi connectivity index (χ1n) is 13.2. The number of alkyl carbamates (subject to hydrolysis) is 1. The van der Waals surface area contributed by atoms with E-state index in [-0.39, 0.29) is 31.3 Å². The molecule has 0 aliphatic rings. The molecule has 0 aliphatic carbocycles. The lowest BCUT2D eigenvalue weighted by Gasteiger charge is -2.35. The number of carbonyl (C=O) groups is 4. The maximum Gasteiger partial charge on any atom is 0.408 e. The van der Waals surface area contributed by atoms with Crippen molar-refractivity contribution in [1.82, 2.24) is 15.5 Å². The summed E-state index contributed by atoms with van der Waals surface area (Å²) < 4.78 is 5.35. The zero-order valence-corrected chi connectivity index (χ0v) is 23.8. The Morgan fingerprint density at radius 3 is 2.19 bits per heavy atom. The molecular weight excluding hydrogens is 472 g/mol. The Morgan fingerprint density at radius 2 is 1.68 bits per heavy atom. The van der Waals surface area contributed by atoms with Gasteiger partial charge in [0, 0.05) is 19.0 Å². The van der Waals surface area contributed by atoms with E-state index in [1.54, 1.807) is 20.8 Å². The lowest BCUT2D eigenvalue weighted by Crippen LogP contribution is -2.54. The van der Waals surface area contributed by atoms with Gasteiger partial charge in [0.1, 0.15) is 17.7 Å². The Hall–Kier alpha value is -3.10. The molecule has 208 valence electrons. The third-order valence-electron chi connectivity index (χ3n) is 5.81. The van der Waals surface area contributed by atoms with Gasteiger partial charge in [-0.3, -0.25) is 14.4 Å². The number of aryl methyl sites for hydroxylation is 2. The highest BCUT2D eigenvalue weighted by Crippen LogP contribution is 2.27. The predicted octanol–water partition coefficient (Wildman–Crippen LogP) is 4.05. The Balaban J connectivity index is 3.51. The molecule has 0 aliphatic heterocycles. The van der Waals surface area contributed by atoms with Crippen LogP contribution >= 0.6 is 0 Å². The predicted molar refractivity (Wildman–Crippen MR) is 145 cm³/mol. The van der Waals surface area contributed by atoms with Gasteiger partial charge in [-0.25, -0.2) is 4.79 Å². The quantitative estimate of drug-likeness (QED) is 0.363. The van der Waals surface area contributed by atoms with Crippen LogP contribution in [0.5, 0.6) is 0 Å². The molecular formula is C28H46N4O5. The molecule has 9 heteroatoms. The Morgan fingerprint density at radius 1 is 1.03 bits per heavy atom. The average Bonchev–Trinajstić information content (AvgIpc) is 2.75. The number of nitrogens with zero attached hydrogens (tertiary/aromatic N) is 1. The molecule has 1 aromatic rings. The molecule has 3 atom stereocenters. The van der Waals surface area contributed by atoms with Gasteiger partial charge in [-0.2, -0.15) is 0 Å². The minimum Gasteiger partial charge on any atom is -0.444 e. The van der Waals surface area contributed by atoms with E-state index in [2.05, 4.69) is 10.6 Å². The molecule has 3 unspecified atom stereocenters. The van der Waals surface area contributed by atoms with Crippen LogP contribution in [-0.2, 0) is 19.1 Å². The minimum atomic E-state index is -1.09. The van der Waals surface area contributed by atoms with Crippen LogP contribution in [0.15, 0.2) is 18.2 Å². The van der Waals surface area contributed by atoms with E-state index in [1.165, 1.54) is 4.90 Å². The maximum atomic E-state index is 14.0. The molecule has 37 heavy (non-hydrogen) atoms. The number of nitrogens with one attached hydrogen (secondary N) is 2. The lowest BCUT2D eigenvalue weighted by atomic mass is 9.95. The normalized spacial score (nSPS) is 13.7. The first kappa shape index (κ1) is 31.9. The van der Waals surface area contributed by atoms with Crippen LogP contribution in [0.1, 0.15) is 96.4 Å². The summed E-state index contributed by atoms with van der Waals surface area (Å²) in [6, 6.07) is 3.68. The second-order valence-electron chi connectivity index (χ2n) is 10.7. The monoisotopic (exact) mass is 518 g/mol. The molecule has 4 N–H and O–H groups in total. The minimum absolute atomic E-state index is 0.0128. The van der Waals surface area contributed by atoms with E-state index in [1.807, 2.05) is 52.8 Å². The van der Waals surface area contributed by atoms with Crippen LogP contribution in [0.2, 0.25) is 0 Å². The molecule has 0 saturated heterocycles. The molecule has 0 spiro atoms. The average molecular weight is 519 g/mol. The lowest BCUT2D eigenvalue weighted by molar-refractivity contribution is -0.143. The third-order valence-corrected chi connectivity index (χ3v) is 5.81. The van der Waals surface area contributed by atoms with Crippen molar-refractivity contribution in [1.29, 1.82) is 0 Å². The molecule has 0 saturated carbocycles. The van der Waals surface area contributed by atoms with Gasteiger partial charge < -0.3 is 26.0 Å². The Kier molecular flexibility index (Phi) is 12.6. The van der Waals surface area contributed by atoms with Crippen LogP contribution in [-0.4, -0.2) is 52.9 Å². The van der Waals surface area contributed by atoms with Crippen LogP contribution in [0, 0.1) is 13.8 Å². The second-order valence-corrected chi connectivity index (χ2v) is 10.7. The number of hydrogen-bond acceptors (Lipinski definition) is 5. The smallest absolute Gasteiger partial charge is 0.408 e. The van der Waals surface area contributed by atoms with Crippen molar-refractivity contribution in [3.63, 3.8) is 0 Å². The van der Waals surface area contributed by atoms with Crippen molar-refractivity contribution in [3.05, 3.63) is 34.9 Å². The zero-order valence-electron chi connectivity index (χ0n) is 23.8. The molecule has 9 nitrogen and oxygen atoms in total.